The van der Waals surface area contributed by atoms with Crippen LogP contribution in [0.4, 0.5) is 4.79 Å². The van der Waals surface area contributed by atoms with Crippen molar-refractivity contribution in [3.63, 3.8) is 0 Å². The predicted molar refractivity (Wildman–Crippen MR) is 80.3 cm³/mol. The molecule has 1 fully saturated rings. The van der Waals surface area contributed by atoms with E-state index in [1.807, 2.05) is 29.9 Å². The van der Waals surface area contributed by atoms with Gasteiger partial charge in [0.05, 0.1) is 5.69 Å². The van der Waals surface area contributed by atoms with Crippen LogP contribution in [-0.4, -0.2) is 57.8 Å². The average Bonchev–Trinajstić information content (AvgIpc) is 3.20. The van der Waals surface area contributed by atoms with E-state index in [0.717, 1.165) is 11.4 Å². The molecule has 0 aromatic carbocycles. The van der Waals surface area contributed by atoms with Crippen molar-refractivity contribution in [1.82, 2.24) is 30.3 Å². The summed E-state index contributed by atoms with van der Waals surface area (Å²) in [4.78, 5) is 25.1. The molecule has 0 atom stereocenters. The van der Waals surface area contributed by atoms with Gasteiger partial charge < -0.3 is 20.1 Å². The van der Waals surface area contributed by atoms with Crippen LogP contribution in [0.15, 0.2) is 24.4 Å². The molecule has 0 unspecified atom stereocenters. The van der Waals surface area contributed by atoms with Gasteiger partial charge in [-0.1, -0.05) is 0 Å². The first kappa shape index (κ1) is 14.2. The lowest BCUT2D eigenvalue weighted by atomic mass is 10.3. The molecule has 116 valence electrons. The van der Waals surface area contributed by atoms with E-state index >= 15 is 0 Å². The first-order chi connectivity index (χ1) is 10.6. The summed E-state index contributed by atoms with van der Waals surface area (Å²) in [5.74, 6) is -0.229. The third-order valence-corrected chi connectivity index (χ3v) is 3.64. The van der Waals surface area contributed by atoms with Crippen molar-refractivity contribution in [3.8, 4) is 11.4 Å². The van der Waals surface area contributed by atoms with Gasteiger partial charge in [-0.25, -0.2) is 4.79 Å². The highest BCUT2D eigenvalue weighted by Crippen LogP contribution is 2.17. The number of nitrogens with one attached hydrogen (secondary N) is 3. The lowest BCUT2D eigenvalue weighted by Crippen LogP contribution is -2.36. The summed E-state index contributed by atoms with van der Waals surface area (Å²) in [6.07, 6.45) is 1.92. The largest absolute Gasteiger partial charge is 0.349 e. The maximum Gasteiger partial charge on any atom is 0.317 e. The zero-order valence-electron chi connectivity index (χ0n) is 12.3. The van der Waals surface area contributed by atoms with Gasteiger partial charge in [-0.15, -0.1) is 0 Å². The normalized spacial score (nSPS) is 14.2. The van der Waals surface area contributed by atoms with Crippen LogP contribution >= 0.6 is 0 Å². The molecule has 3 rings (SSSR count). The third kappa shape index (κ3) is 2.80. The number of carbonyl (C=O) groups excluding carboxylic acids is 2. The fourth-order valence-corrected chi connectivity index (χ4v) is 2.42. The number of rotatable bonds is 5. The Balaban J connectivity index is 1.55. The van der Waals surface area contributed by atoms with Gasteiger partial charge >= 0.3 is 6.03 Å². The Bertz CT molecular complexity index is 689. The monoisotopic (exact) mass is 302 g/mol. The zero-order valence-corrected chi connectivity index (χ0v) is 12.3. The Morgan fingerprint density at radius 2 is 2.36 bits per heavy atom. The minimum Gasteiger partial charge on any atom is -0.349 e. The Hall–Kier alpha value is -2.77. The Morgan fingerprint density at radius 1 is 1.50 bits per heavy atom. The average molecular weight is 302 g/mol. The molecule has 2 aromatic rings. The van der Waals surface area contributed by atoms with Crippen molar-refractivity contribution in [2.45, 2.75) is 0 Å². The van der Waals surface area contributed by atoms with Gasteiger partial charge in [0.25, 0.3) is 5.91 Å². The molecule has 3 N–H and O–H groups in total. The molecule has 3 heterocycles. The smallest absolute Gasteiger partial charge is 0.317 e. The van der Waals surface area contributed by atoms with Crippen LogP contribution in [0.5, 0.6) is 0 Å². The molecule has 1 aliphatic heterocycles. The molecule has 2 aromatic heterocycles. The molecule has 0 spiro atoms. The van der Waals surface area contributed by atoms with E-state index in [9.17, 15) is 9.59 Å². The number of nitrogens with zero attached hydrogens (tertiary/aromatic N) is 3. The summed E-state index contributed by atoms with van der Waals surface area (Å²) < 4.78 is 1.93. The standard InChI is InChI=1S/C14H18N6O2/c1-19-6-2-3-12(19)10-9-11(18-17-10)13(21)15-4-7-20-8-5-16-14(20)22/h2-3,6,9H,4-5,7-8H2,1H3,(H,15,21)(H,16,22)(H,17,18). The highest BCUT2D eigenvalue weighted by molar-refractivity contribution is 5.93. The number of hydrogen-bond donors (Lipinski definition) is 3. The fraction of sp³-hybridized carbons (Fsp3) is 0.357. The lowest BCUT2D eigenvalue weighted by molar-refractivity contribution is 0.0945. The van der Waals surface area contributed by atoms with Crippen molar-refractivity contribution in [2.24, 2.45) is 7.05 Å². The number of amides is 3. The maximum absolute atomic E-state index is 12.1. The van der Waals surface area contributed by atoms with E-state index in [0.29, 0.717) is 31.9 Å². The second-order valence-corrected chi connectivity index (χ2v) is 5.15. The van der Waals surface area contributed by atoms with Crippen LogP contribution in [0.1, 0.15) is 10.5 Å². The van der Waals surface area contributed by atoms with Crippen molar-refractivity contribution in [2.75, 3.05) is 26.2 Å². The van der Waals surface area contributed by atoms with Crippen LogP contribution in [0.3, 0.4) is 0 Å². The van der Waals surface area contributed by atoms with E-state index in [1.165, 1.54) is 0 Å². The van der Waals surface area contributed by atoms with Gasteiger partial charge in [0.1, 0.15) is 11.4 Å². The van der Waals surface area contributed by atoms with Crippen LogP contribution in [-0.2, 0) is 7.05 Å². The Morgan fingerprint density at radius 3 is 3.05 bits per heavy atom. The third-order valence-electron chi connectivity index (χ3n) is 3.64. The molecular formula is C14H18N6O2. The highest BCUT2D eigenvalue weighted by Gasteiger charge is 2.19. The summed E-state index contributed by atoms with van der Waals surface area (Å²) >= 11 is 0. The second-order valence-electron chi connectivity index (χ2n) is 5.15. The number of aromatic amines is 1. The van der Waals surface area contributed by atoms with Gasteiger partial charge in [-0.3, -0.25) is 9.89 Å². The first-order valence-corrected chi connectivity index (χ1v) is 7.13. The summed E-state index contributed by atoms with van der Waals surface area (Å²) in [6.45, 7) is 2.24. The number of H-pyrrole nitrogens is 1. The Labute approximate surface area is 127 Å². The predicted octanol–water partition coefficient (Wildman–Crippen LogP) is 0.170. The number of aromatic nitrogens is 3. The second kappa shape index (κ2) is 5.92. The van der Waals surface area contributed by atoms with E-state index < -0.39 is 0 Å². The van der Waals surface area contributed by atoms with E-state index in [1.54, 1.807) is 11.0 Å². The van der Waals surface area contributed by atoms with Crippen molar-refractivity contribution >= 4 is 11.9 Å². The molecular weight excluding hydrogens is 284 g/mol. The fourth-order valence-electron chi connectivity index (χ4n) is 2.42. The van der Waals surface area contributed by atoms with Crippen LogP contribution in [0, 0.1) is 0 Å². The minimum atomic E-state index is -0.229. The molecule has 1 aliphatic rings. The highest BCUT2D eigenvalue weighted by atomic mass is 16.2. The van der Waals surface area contributed by atoms with Gasteiger partial charge in [-0.2, -0.15) is 5.10 Å². The van der Waals surface area contributed by atoms with Crippen molar-refractivity contribution < 1.29 is 9.59 Å². The zero-order chi connectivity index (χ0) is 15.5. The molecule has 0 bridgehead atoms. The quantitative estimate of drug-likeness (QED) is 0.735. The SMILES string of the molecule is Cn1cccc1-c1cc(C(=O)NCCN2CCNC2=O)[nH]n1. The van der Waals surface area contributed by atoms with Gasteiger partial charge in [0, 0.05) is 39.4 Å². The molecule has 0 aliphatic carbocycles. The molecule has 8 nitrogen and oxygen atoms in total. The number of aryl methyl sites for hydroxylation is 1. The van der Waals surface area contributed by atoms with Gasteiger partial charge in [0.2, 0.25) is 0 Å². The Kier molecular flexibility index (Phi) is 3.82. The van der Waals surface area contributed by atoms with Crippen LogP contribution in [0.2, 0.25) is 0 Å². The van der Waals surface area contributed by atoms with Crippen molar-refractivity contribution in [3.05, 3.63) is 30.1 Å². The maximum atomic E-state index is 12.1. The topological polar surface area (TPSA) is 95.0 Å². The van der Waals surface area contributed by atoms with Crippen LogP contribution in [0.25, 0.3) is 11.4 Å². The molecule has 8 heteroatoms. The van der Waals surface area contributed by atoms with Gasteiger partial charge in [-0.05, 0) is 18.2 Å². The number of urea groups is 1. The molecule has 3 amide bonds. The van der Waals surface area contributed by atoms with Gasteiger partial charge in [0.15, 0.2) is 0 Å². The lowest BCUT2D eigenvalue weighted by Gasteiger charge is -2.13. The minimum absolute atomic E-state index is 0.0817. The molecule has 0 saturated carbocycles. The van der Waals surface area contributed by atoms with Crippen LogP contribution < -0.4 is 10.6 Å². The van der Waals surface area contributed by atoms with E-state index in [2.05, 4.69) is 20.8 Å². The van der Waals surface area contributed by atoms with Crippen molar-refractivity contribution in [1.29, 1.82) is 0 Å². The summed E-state index contributed by atoms with van der Waals surface area (Å²) in [5.41, 5.74) is 2.06. The van der Waals surface area contributed by atoms with E-state index in [-0.39, 0.29) is 11.9 Å². The number of carbonyl (C=O) groups is 2. The molecule has 22 heavy (non-hydrogen) atoms. The van der Waals surface area contributed by atoms with E-state index in [4.69, 9.17) is 0 Å². The molecule has 1 saturated heterocycles. The summed E-state index contributed by atoms with van der Waals surface area (Å²) in [6, 6.07) is 5.49. The molecule has 0 radical (unpaired) electrons. The summed E-state index contributed by atoms with van der Waals surface area (Å²) in [5, 5.41) is 12.4. The number of hydrogen-bond acceptors (Lipinski definition) is 3. The summed E-state index contributed by atoms with van der Waals surface area (Å²) in [7, 11) is 1.92. The first-order valence-electron chi connectivity index (χ1n) is 7.13.